The highest BCUT2D eigenvalue weighted by Crippen LogP contribution is 2.17. The number of rotatable bonds is 3. The Balaban J connectivity index is 1.51. The molecule has 0 spiro atoms. The zero-order valence-electron chi connectivity index (χ0n) is 10.6. The maximum absolute atomic E-state index is 12.9. The van der Waals surface area contributed by atoms with Crippen molar-refractivity contribution in [3.63, 3.8) is 0 Å². The number of halogens is 1. The summed E-state index contributed by atoms with van der Waals surface area (Å²) < 4.78 is 12.9. The lowest BCUT2D eigenvalue weighted by molar-refractivity contribution is 0.184. The van der Waals surface area contributed by atoms with Gasteiger partial charge in [0.05, 0.1) is 0 Å². The largest absolute Gasteiger partial charge is 0.369 e. The summed E-state index contributed by atoms with van der Waals surface area (Å²) in [7, 11) is 0. The van der Waals surface area contributed by atoms with E-state index in [1.165, 1.54) is 19.6 Å². The van der Waals surface area contributed by atoms with Gasteiger partial charge in [-0.05, 0) is 30.2 Å². The molecule has 3 nitrogen and oxygen atoms in total. The Morgan fingerprint density at radius 3 is 2.28 bits per heavy atom. The monoisotopic (exact) mass is 249 g/mol. The number of hydrogen-bond donors (Lipinski definition) is 1. The van der Waals surface area contributed by atoms with Gasteiger partial charge in [0.1, 0.15) is 5.82 Å². The van der Waals surface area contributed by atoms with Crippen molar-refractivity contribution in [2.75, 3.05) is 50.7 Å². The van der Waals surface area contributed by atoms with Gasteiger partial charge in [0, 0.05) is 51.5 Å². The molecule has 2 fully saturated rings. The molecule has 0 unspecified atom stereocenters. The molecule has 0 atom stereocenters. The van der Waals surface area contributed by atoms with Gasteiger partial charge in [-0.25, -0.2) is 4.39 Å². The Morgan fingerprint density at radius 1 is 1.06 bits per heavy atom. The minimum Gasteiger partial charge on any atom is -0.369 e. The molecule has 0 saturated carbocycles. The highest BCUT2D eigenvalue weighted by molar-refractivity contribution is 5.46. The van der Waals surface area contributed by atoms with E-state index < -0.39 is 0 Å². The van der Waals surface area contributed by atoms with E-state index >= 15 is 0 Å². The van der Waals surface area contributed by atoms with Crippen LogP contribution in [0.1, 0.15) is 0 Å². The van der Waals surface area contributed by atoms with E-state index in [0.29, 0.717) is 0 Å². The lowest BCUT2D eigenvalue weighted by atomic mass is 10.0. The van der Waals surface area contributed by atoms with E-state index in [1.54, 1.807) is 12.1 Å². The third kappa shape index (κ3) is 2.65. The summed E-state index contributed by atoms with van der Waals surface area (Å²) in [5.74, 6) is 0.692. The summed E-state index contributed by atoms with van der Waals surface area (Å²) in [6.45, 7) is 7.92. The van der Waals surface area contributed by atoms with Crippen LogP contribution in [-0.4, -0.2) is 50.7 Å². The van der Waals surface area contributed by atoms with Crippen molar-refractivity contribution in [1.29, 1.82) is 0 Å². The molecule has 0 aromatic heterocycles. The van der Waals surface area contributed by atoms with Crippen LogP contribution in [0.15, 0.2) is 24.3 Å². The SMILES string of the molecule is Fc1ccc(N2CCN(CC3CNC3)CC2)cc1. The van der Waals surface area contributed by atoms with Crippen molar-refractivity contribution >= 4 is 5.69 Å². The molecule has 98 valence electrons. The Labute approximate surface area is 108 Å². The van der Waals surface area contributed by atoms with Gasteiger partial charge in [-0.1, -0.05) is 0 Å². The van der Waals surface area contributed by atoms with Gasteiger partial charge in [0.15, 0.2) is 0 Å². The number of nitrogens with one attached hydrogen (secondary N) is 1. The number of nitrogens with zero attached hydrogens (tertiary/aromatic N) is 2. The van der Waals surface area contributed by atoms with Crippen LogP contribution in [0, 0.1) is 11.7 Å². The summed E-state index contributed by atoms with van der Waals surface area (Å²) in [6, 6.07) is 6.84. The topological polar surface area (TPSA) is 18.5 Å². The highest BCUT2D eigenvalue weighted by Gasteiger charge is 2.23. The van der Waals surface area contributed by atoms with Crippen molar-refractivity contribution in [3.8, 4) is 0 Å². The van der Waals surface area contributed by atoms with E-state index in [2.05, 4.69) is 15.1 Å². The van der Waals surface area contributed by atoms with Crippen molar-refractivity contribution in [2.24, 2.45) is 5.92 Å². The second-order valence-corrected chi connectivity index (χ2v) is 5.29. The molecule has 2 saturated heterocycles. The molecule has 1 aromatic carbocycles. The first-order valence-corrected chi connectivity index (χ1v) is 6.75. The van der Waals surface area contributed by atoms with E-state index in [4.69, 9.17) is 0 Å². The lowest BCUT2D eigenvalue weighted by Gasteiger charge is -2.39. The van der Waals surface area contributed by atoms with Crippen LogP contribution in [0.4, 0.5) is 10.1 Å². The summed E-state index contributed by atoms with van der Waals surface area (Å²) in [5, 5.41) is 3.32. The summed E-state index contributed by atoms with van der Waals surface area (Å²) in [5.41, 5.74) is 1.14. The molecule has 1 N–H and O–H groups in total. The van der Waals surface area contributed by atoms with Crippen LogP contribution < -0.4 is 10.2 Å². The van der Waals surface area contributed by atoms with Crippen LogP contribution >= 0.6 is 0 Å². The highest BCUT2D eigenvalue weighted by atomic mass is 19.1. The van der Waals surface area contributed by atoms with E-state index in [9.17, 15) is 4.39 Å². The Kier molecular flexibility index (Phi) is 3.48. The average Bonchev–Trinajstić information content (AvgIpc) is 2.36. The third-order valence-corrected chi connectivity index (χ3v) is 3.95. The van der Waals surface area contributed by atoms with Crippen molar-refractivity contribution < 1.29 is 4.39 Å². The number of piperazine rings is 1. The van der Waals surface area contributed by atoms with Gasteiger partial charge in [-0.3, -0.25) is 4.90 Å². The van der Waals surface area contributed by atoms with Crippen molar-refractivity contribution in [2.45, 2.75) is 0 Å². The smallest absolute Gasteiger partial charge is 0.123 e. The molecule has 18 heavy (non-hydrogen) atoms. The first kappa shape index (κ1) is 11.9. The fourth-order valence-corrected chi connectivity index (χ4v) is 2.68. The minimum absolute atomic E-state index is 0.158. The first-order chi connectivity index (χ1) is 8.81. The quantitative estimate of drug-likeness (QED) is 0.867. The average molecular weight is 249 g/mol. The van der Waals surface area contributed by atoms with Crippen LogP contribution in [0.5, 0.6) is 0 Å². The number of anilines is 1. The fraction of sp³-hybridized carbons (Fsp3) is 0.571. The van der Waals surface area contributed by atoms with Crippen LogP contribution in [0.25, 0.3) is 0 Å². The Hall–Kier alpha value is -1.13. The molecule has 0 radical (unpaired) electrons. The van der Waals surface area contributed by atoms with Gasteiger partial charge in [0.2, 0.25) is 0 Å². The van der Waals surface area contributed by atoms with Crippen molar-refractivity contribution in [3.05, 3.63) is 30.1 Å². The molecule has 0 amide bonds. The minimum atomic E-state index is -0.158. The normalized spacial score (nSPS) is 21.9. The maximum Gasteiger partial charge on any atom is 0.123 e. The maximum atomic E-state index is 12.9. The van der Waals surface area contributed by atoms with Gasteiger partial charge >= 0.3 is 0 Å². The van der Waals surface area contributed by atoms with Gasteiger partial charge < -0.3 is 10.2 Å². The zero-order valence-corrected chi connectivity index (χ0v) is 10.6. The molecular formula is C14H20FN3. The van der Waals surface area contributed by atoms with Crippen molar-refractivity contribution in [1.82, 2.24) is 10.2 Å². The summed E-state index contributed by atoms with van der Waals surface area (Å²) in [6.07, 6.45) is 0. The van der Waals surface area contributed by atoms with E-state index in [-0.39, 0.29) is 5.82 Å². The molecule has 3 rings (SSSR count). The molecule has 0 aliphatic carbocycles. The molecular weight excluding hydrogens is 229 g/mol. The zero-order chi connectivity index (χ0) is 12.4. The second-order valence-electron chi connectivity index (χ2n) is 5.29. The van der Waals surface area contributed by atoms with E-state index in [1.807, 2.05) is 12.1 Å². The Morgan fingerprint density at radius 2 is 1.72 bits per heavy atom. The molecule has 2 aliphatic heterocycles. The van der Waals surface area contributed by atoms with Crippen LogP contribution in [0.2, 0.25) is 0 Å². The molecule has 1 aromatic rings. The fourth-order valence-electron chi connectivity index (χ4n) is 2.68. The van der Waals surface area contributed by atoms with Crippen LogP contribution in [-0.2, 0) is 0 Å². The van der Waals surface area contributed by atoms with Gasteiger partial charge in [-0.15, -0.1) is 0 Å². The number of benzene rings is 1. The first-order valence-electron chi connectivity index (χ1n) is 6.75. The third-order valence-electron chi connectivity index (χ3n) is 3.95. The number of hydrogen-bond acceptors (Lipinski definition) is 3. The van der Waals surface area contributed by atoms with Crippen LogP contribution in [0.3, 0.4) is 0 Å². The summed E-state index contributed by atoms with van der Waals surface area (Å²) in [4.78, 5) is 4.89. The molecule has 2 heterocycles. The van der Waals surface area contributed by atoms with Gasteiger partial charge in [-0.2, -0.15) is 0 Å². The molecule has 0 bridgehead atoms. The predicted molar refractivity (Wildman–Crippen MR) is 71.4 cm³/mol. The second kappa shape index (κ2) is 5.24. The predicted octanol–water partition coefficient (Wildman–Crippen LogP) is 1.17. The van der Waals surface area contributed by atoms with Gasteiger partial charge in [0.25, 0.3) is 0 Å². The Bertz CT molecular complexity index is 381. The standard InChI is InChI=1S/C14H20FN3/c15-13-1-3-14(4-2-13)18-7-5-17(6-8-18)11-12-9-16-10-12/h1-4,12,16H,5-11H2. The summed E-state index contributed by atoms with van der Waals surface area (Å²) >= 11 is 0. The molecule has 4 heteroatoms. The van der Waals surface area contributed by atoms with E-state index in [0.717, 1.165) is 37.8 Å². The lowest BCUT2D eigenvalue weighted by Crippen LogP contribution is -2.53. The molecule has 2 aliphatic rings.